The van der Waals surface area contributed by atoms with Crippen molar-refractivity contribution < 1.29 is 21.6 Å². The Morgan fingerprint density at radius 1 is 0.906 bits per heavy atom. The molecule has 1 heterocycles. The van der Waals surface area contributed by atoms with Gasteiger partial charge in [-0.1, -0.05) is 32.9 Å². The van der Waals surface area contributed by atoms with Crippen molar-refractivity contribution in [2.45, 2.75) is 69.9 Å². The van der Waals surface area contributed by atoms with Crippen LogP contribution in [-0.4, -0.2) is 21.5 Å². The minimum absolute atomic E-state index is 0.0451. The molecule has 4 nitrogen and oxygen atoms in total. The predicted octanol–water partition coefficient (Wildman–Crippen LogP) is 5.89. The molecule has 1 aliphatic rings. The lowest BCUT2D eigenvalue weighted by Crippen LogP contribution is -2.27. The van der Waals surface area contributed by atoms with Gasteiger partial charge in [0.1, 0.15) is 0 Å². The minimum Gasteiger partial charge on any atom is -0.317 e. The third-order valence-electron chi connectivity index (χ3n) is 5.94. The van der Waals surface area contributed by atoms with Gasteiger partial charge in [0.15, 0.2) is 0 Å². The lowest BCUT2D eigenvalue weighted by Gasteiger charge is -2.25. The number of piperidine rings is 1. The van der Waals surface area contributed by atoms with Gasteiger partial charge in [-0.3, -0.25) is 4.72 Å². The molecule has 0 saturated carbocycles. The largest absolute Gasteiger partial charge is 0.416 e. The van der Waals surface area contributed by atoms with Crippen molar-refractivity contribution in [3.05, 3.63) is 58.1 Å². The van der Waals surface area contributed by atoms with E-state index in [1.165, 1.54) is 6.07 Å². The molecule has 0 amide bonds. The summed E-state index contributed by atoms with van der Waals surface area (Å²) in [6, 6.07) is 7.21. The van der Waals surface area contributed by atoms with Crippen LogP contribution in [0.4, 0.5) is 18.9 Å². The molecule has 0 radical (unpaired) electrons. The Morgan fingerprint density at radius 2 is 1.47 bits per heavy atom. The highest BCUT2D eigenvalue weighted by Gasteiger charge is 2.33. The molecule has 8 heteroatoms. The van der Waals surface area contributed by atoms with Crippen LogP contribution >= 0.6 is 0 Å². The fourth-order valence-corrected chi connectivity index (χ4v) is 5.77. The second-order valence-electron chi connectivity index (χ2n) is 9.66. The number of anilines is 1. The van der Waals surface area contributed by atoms with Gasteiger partial charge in [-0.2, -0.15) is 13.2 Å². The maximum Gasteiger partial charge on any atom is 0.416 e. The molecule has 1 saturated heterocycles. The van der Waals surface area contributed by atoms with Gasteiger partial charge in [-0.25, -0.2) is 8.42 Å². The van der Waals surface area contributed by atoms with Crippen molar-refractivity contribution in [2.75, 3.05) is 17.8 Å². The van der Waals surface area contributed by atoms with E-state index in [2.05, 4.69) is 10.0 Å². The lowest BCUT2D eigenvalue weighted by atomic mass is 9.85. The van der Waals surface area contributed by atoms with Crippen LogP contribution in [0.25, 0.3) is 0 Å². The summed E-state index contributed by atoms with van der Waals surface area (Å²) in [7, 11) is -4.08. The van der Waals surface area contributed by atoms with Gasteiger partial charge in [0, 0.05) is 5.69 Å². The normalized spacial score (nSPS) is 16.2. The molecule has 0 bridgehead atoms. The maximum absolute atomic E-state index is 13.6. The first-order chi connectivity index (χ1) is 14.7. The fraction of sp³-hybridized carbons (Fsp3) is 0.500. The number of hydrogen-bond acceptors (Lipinski definition) is 3. The Labute approximate surface area is 188 Å². The zero-order chi connectivity index (χ0) is 23.9. The van der Waals surface area contributed by atoms with Crippen LogP contribution in [0.1, 0.15) is 67.3 Å². The Bertz CT molecular complexity index is 1070. The number of benzene rings is 2. The second-order valence-corrected chi connectivity index (χ2v) is 11.3. The van der Waals surface area contributed by atoms with E-state index in [1.54, 1.807) is 13.8 Å². The molecule has 0 unspecified atom stereocenters. The van der Waals surface area contributed by atoms with Gasteiger partial charge in [0.2, 0.25) is 0 Å². The molecule has 2 N–H and O–H groups in total. The molecule has 2 aromatic rings. The summed E-state index contributed by atoms with van der Waals surface area (Å²) in [4.78, 5) is 0.103. The molecule has 32 heavy (non-hydrogen) atoms. The predicted molar refractivity (Wildman–Crippen MR) is 122 cm³/mol. The maximum atomic E-state index is 13.6. The summed E-state index contributed by atoms with van der Waals surface area (Å²) in [5, 5.41) is 3.20. The van der Waals surface area contributed by atoms with Crippen molar-refractivity contribution in [1.82, 2.24) is 5.32 Å². The highest BCUT2D eigenvalue weighted by Crippen LogP contribution is 2.37. The van der Waals surface area contributed by atoms with Gasteiger partial charge < -0.3 is 5.32 Å². The van der Waals surface area contributed by atoms with Crippen LogP contribution in [0.15, 0.2) is 35.2 Å². The minimum atomic E-state index is -4.57. The third-order valence-corrected chi connectivity index (χ3v) is 7.63. The first-order valence-corrected chi connectivity index (χ1v) is 12.2. The van der Waals surface area contributed by atoms with E-state index in [4.69, 9.17) is 0 Å². The van der Waals surface area contributed by atoms with Gasteiger partial charge in [-0.05, 0) is 91.6 Å². The van der Waals surface area contributed by atoms with Crippen molar-refractivity contribution in [3.8, 4) is 0 Å². The first kappa shape index (κ1) is 24.6. The van der Waals surface area contributed by atoms with Gasteiger partial charge in [0.25, 0.3) is 10.0 Å². The molecule has 0 aliphatic carbocycles. The number of alkyl halides is 3. The topological polar surface area (TPSA) is 58.2 Å². The molecule has 0 aromatic heterocycles. The van der Waals surface area contributed by atoms with Crippen LogP contribution in [-0.2, 0) is 21.6 Å². The molecule has 0 atom stereocenters. The molecule has 2 aromatic carbocycles. The number of hydrogen-bond donors (Lipinski definition) is 2. The van der Waals surface area contributed by atoms with Crippen molar-refractivity contribution in [2.24, 2.45) is 0 Å². The first-order valence-electron chi connectivity index (χ1n) is 10.8. The zero-order valence-corrected chi connectivity index (χ0v) is 20.0. The van der Waals surface area contributed by atoms with Crippen LogP contribution in [0.5, 0.6) is 0 Å². The summed E-state index contributed by atoms with van der Waals surface area (Å²) in [5.41, 5.74) is 1.57. The molecule has 0 spiro atoms. The Morgan fingerprint density at radius 3 is 1.97 bits per heavy atom. The molecule has 1 fully saturated rings. The third kappa shape index (κ3) is 5.46. The van der Waals surface area contributed by atoms with Crippen LogP contribution in [0, 0.1) is 13.8 Å². The summed E-state index contributed by atoms with van der Waals surface area (Å²) in [6.45, 7) is 11.0. The van der Waals surface area contributed by atoms with E-state index in [-0.39, 0.29) is 21.9 Å². The van der Waals surface area contributed by atoms with E-state index < -0.39 is 21.8 Å². The summed E-state index contributed by atoms with van der Waals surface area (Å²) in [5.74, 6) is -0.0451. The van der Waals surface area contributed by atoms with Crippen molar-refractivity contribution in [1.29, 1.82) is 0 Å². The average molecular weight is 469 g/mol. The van der Waals surface area contributed by atoms with E-state index in [9.17, 15) is 21.6 Å². The Hall–Kier alpha value is -2.06. The molecule has 3 rings (SSSR count). The summed E-state index contributed by atoms with van der Waals surface area (Å²) < 4.78 is 69.6. The van der Waals surface area contributed by atoms with Crippen molar-refractivity contribution in [3.63, 3.8) is 0 Å². The van der Waals surface area contributed by atoms with Gasteiger partial charge in [-0.15, -0.1) is 0 Å². The highest BCUT2D eigenvalue weighted by atomic mass is 32.2. The molecule has 1 aliphatic heterocycles. The van der Waals surface area contributed by atoms with E-state index in [0.717, 1.165) is 30.8 Å². The second kappa shape index (κ2) is 8.71. The van der Waals surface area contributed by atoms with E-state index >= 15 is 0 Å². The number of halogens is 3. The molecular weight excluding hydrogens is 437 g/mol. The Kier molecular flexibility index (Phi) is 6.69. The molecular formula is C24H31F3N2O2S. The van der Waals surface area contributed by atoms with Crippen LogP contribution in [0.3, 0.4) is 0 Å². The standard InChI is InChI=1S/C24H31F3N2O2S/c1-15-10-19(23(3,4)5)11-16(2)22(15)32(30,31)29-21-13-18(17-6-8-28-9-7-17)12-20(14-21)24(25,26)27/h10-14,17,28-29H,6-9H2,1-5H3. The number of rotatable bonds is 4. The summed E-state index contributed by atoms with van der Waals surface area (Å²) >= 11 is 0. The lowest BCUT2D eigenvalue weighted by molar-refractivity contribution is -0.137. The number of aryl methyl sites for hydroxylation is 2. The fourth-order valence-electron chi connectivity index (χ4n) is 4.28. The summed E-state index contributed by atoms with van der Waals surface area (Å²) in [6.07, 6.45) is -3.15. The smallest absolute Gasteiger partial charge is 0.317 e. The van der Waals surface area contributed by atoms with Crippen LogP contribution in [0.2, 0.25) is 0 Å². The van der Waals surface area contributed by atoms with Crippen molar-refractivity contribution >= 4 is 15.7 Å². The number of sulfonamides is 1. The van der Waals surface area contributed by atoms with Crippen LogP contribution < -0.4 is 10.0 Å². The van der Waals surface area contributed by atoms with E-state index in [1.807, 2.05) is 32.9 Å². The highest BCUT2D eigenvalue weighted by molar-refractivity contribution is 7.92. The monoisotopic (exact) mass is 468 g/mol. The van der Waals surface area contributed by atoms with E-state index in [0.29, 0.717) is 29.5 Å². The zero-order valence-electron chi connectivity index (χ0n) is 19.2. The van der Waals surface area contributed by atoms with Gasteiger partial charge in [0.05, 0.1) is 10.5 Å². The number of nitrogens with one attached hydrogen (secondary N) is 2. The average Bonchev–Trinajstić information content (AvgIpc) is 2.66. The Balaban J connectivity index is 2.03. The SMILES string of the molecule is Cc1cc(C(C)(C)C)cc(C)c1S(=O)(=O)Nc1cc(C2CCNCC2)cc(C(F)(F)F)c1. The quantitative estimate of drug-likeness (QED) is 0.589. The van der Waals surface area contributed by atoms with Gasteiger partial charge >= 0.3 is 6.18 Å². The molecule has 176 valence electrons.